The standard InChI is InChI=1S/C25H22F2N2O4/c1-30-17-10-7-15(8-11-17)19-14-20-18-5-3-4-6-21(18)32-24(29(20)28-19)16-9-12-22(33-25(26)27)23(13-16)31-2/h3-13,20,24-25H,14H2,1-2H3/t20-,24+/m0/s1. The molecule has 33 heavy (non-hydrogen) atoms. The number of ether oxygens (including phenoxy) is 4. The molecule has 0 saturated carbocycles. The zero-order valence-electron chi connectivity index (χ0n) is 18.1. The van der Waals surface area contributed by atoms with Gasteiger partial charge in [-0.3, -0.25) is 0 Å². The van der Waals surface area contributed by atoms with Crippen molar-refractivity contribution in [2.45, 2.75) is 25.3 Å². The van der Waals surface area contributed by atoms with E-state index in [1.807, 2.05) is 53.5 Å². The first kappa shape index (κ1) is 21.1. The minimum Gasteiger partial charge on any atom is -0.497 e. The second-order valence-corrected chi connectivity index (χ2v) is 7.67. The monoisotopic (exact) mass is 452 g/mol. The number of halogens is 2. The molecule has 0 aromatic heterocycles. The van der Waals surface area contributed by atoms with Crippen molar-refractivity contribution < 1.29 is 27.7 Å². The van der Waals surface area contributed by atoms with Crippen molar-refractivity contribution in [2.75, 3.05) is 14.2 Å². The van der Waals surface area contributed by atoms with Crippen LogP contribution in [0.2, 0.25) is 0 Å². The number of hydrogen-bond donors (Lipinski definition) is 0. The number of hydrazone groups is 1. The third-order valence-corrected chi connectivity index (χ3v) is 5.81. The molecule has 2 heterocycles. The van der Waals surface area contributed by atoms with E-state index < -0.39 is 12.8 Å². The van der Waals surface area contributed by atoms with Crippen LogP contribution in [0.25, 0.3) is 0 Å². The minimum atomic E-state index is -2.94. The van der Waals surface area contributed by atoms with E-state index in [2.05, 4.69) is 4.74 Å². The van der Waals surface area contributed by atoms with Gasteiger partial charge in [0.1, 0.15) is 11.5 Å². The van der Waals surface area contributed by atoms with Crippen molar-refractivity contribution in [3.05, 3.63) is 83.4 Å². The van der Waals surface area contributed by atoms with Crippen molar-refractivity contribution >= 4 is 5.71 Å². The number of rotatable bonds is 6. The van der Waals surface area contributed by atoms with Crippen LogP contribution in [0.15, 0.2) is 71.8 Å². The normalized spacial score (nSPS) is 18.8. The molecule has 3 aromatic carbocycles. The molecule has 0 unspecified atom stereocenters. The summed E-state index contributed by atoms with van der Waals surface area (Å²) < 4.78 is 46.9. The molecule has 2 atom stereocenters. The summed E-state index contributed by atoms with van der Waals surface area (Å²) in [5.74, 6) is 1.71. The highest BCUT2D eigenvalue weighted by Crippen LogP contribution is 2.48. The number of nitrogens with zero attached hydrogens (tertiary/aromatic N) is 2. The summed E-state index contributed by atoms with van der Waals surface area (Å²) in [6.07, 6.45) is 0.141. The fourth-order valence-electron chi connectivity index (χ4n) is 4.24. The molecule has 6 nitrogen and oxygen atoms in total. The molecule has 0 N–H and O–H groups in total. The van der Waals surface area contributed by atoms with Gasteiger partial charge in [0, 0.05) is 17.5 Å². The quantitative estimate of drug-likeness (QED) is 0.491. The van der Waals surface area contributed by atoms with Crippen LogP contribution in [-0.4, -0.2) is 31.6 Å². The van der Waals surface area contributed by atoms with E-state index in [9.17, 15) is 8.78 Å². The molecule has 0 fully saturated rings. The number of para-hydroxylation sites is 1. The van der Waals surface area contributed by atoms with Crippen molar-refractivity contribution in [1.29, 1.82) is 0 Å². The molecule has 0 spiro atoms. The molecule has 8 heteroatoms. The molecular weight excluding hydrogens is 430 g/mol. The summed E-state index contributed by atoms with van der Waals surface area (Å²) in [5.41, 5.74) is 3.69. The molecule has 2 aliphatic heterocycles. The van der Waals surface area contributed by atoms with Crippen LogP contribution in [0.5, 0.6) is 23.0 Å². The Kier molecular flexibility index (Phi) is 5.50. The Balaban J connectivity index is 1.54. The van der Waals surface area contributed by atoms with Gasteiger partial charge in [0.05, 0.1) is 26.0 Å². The van der Waals surface area contributed by atoms with Gasteiger partial charge in [0.15, 0.2) is 11.5 Å². The van der Waals surface area contributed by atoms with E-state index in [1.54, 1.807) is 19.2 Å². The molecule has 3 aromatic rings. The Bertz CT molecular complexity index is 1180. The highest BCUT2D eigenvalue weighted by atomic mass is 19.3. The molecule has 5 rings (SSSR count). The van der Waals surface area contributed by atoms with Gasteiger partial charge >= 0.3 is 6.61 Å². The maximum absolute atomic E-state index is 12.7. The summed E-state index contributed by atoms with van der Waals surface area (Å²) in [7, 11) is 3.04. The predicted molar refractivity (Wildman–Crippen MR) is 118 cm³/mol. The van der Waals surface area contributed by atoms with E-state index in [4.69, 9.17) is 19.3 Å². The van der Waals surface area contributed by atoms with Gasteiger partial charge < -0.3 is 18.9 Å². The van der Waals surface area contributed by atoms with E-state index in [0.29, 0.717) is 12.0 Å². The van der Waals surface area contributed by atoms with E-state index >= 15 is 0 Å². The van der Waals surface area contributed by atoms with E-state index in [0.717, 1.165) is 28.3 Å². The average molecular weight is 452 g/mol. The summed E-state index contributed by atoms with van der Waals surface area (Å²) >= 11 is 0. The van der Waals surface area contributed by atoms with Gasteiger partial charge in [0.2, 0.25) is 6.23 Å². The summed E-state index contributed by atoms with van der Waals surface area (Å²) in [6.45, 7) is -2.94. The van der Waals surface area contributed by atoms with Crippen LogP contribution in [-0.2, 0) is 0 Å². The fraction of sp³-hybridized carbons (Fsp3) is 0.240. The number of methoxy groups -OCH3 is 2. The molecule has 0 radical (unpaired) electrons. The van der Waals surface area contributed by atoms with Crippen LogP contribution in [0.3, 0.4) is 0 Å². The lowest BCUT2D eigenvalue weighted by atomic mass is 9.96. The van der Waals surface area contributed by atoms with Gasteiger partial charge in [-0.1, -0.05) is 18.2 Å². The summed E-state index contributed by atoms with van der Waals surface area (Å²) in [4.78, 5) is 0. The predicted octanol–water partition coefficient (Wildman–Crippen LogP) is 5.55. The van der Waals surface area contributed by atoms with Gasteiger partial charge in [-0.05, 0) is 54.1 Å². The first-order valence-electron chi connectivity index (χ1n) is 10.5. The van der Waals surface area contributed by atoms with E-state index in [-0.39, 0.29) is 17.5 Å². The minimum absolute atomic E-state index is 0.0277. The Morgan fingerprint density at radius 1 is 0.970 bits per heavy atom. The lowest BCUT2D eigenvalue weighted by Crippen LogP contribution is -2.33. The Hall–Kier alpha value is -3.81. The third-order valence-electron chi connectivity index (χ3n) is 5.81. The molecule has 0 amide bonds. The SMILES string of the molecule is COc1ccc(C2=NN3[C@@H](c4ccc(OC(F)F)c(OC)c4)Oc4ccccc4[C@@H]3C2)cc1. The molecule has 2 aliphatic rings. The average Bonchev–Trinajstić information content (AvgIpc) is 3.29. The zero-order chi connectivity index (χ0) is 22.9. The van der Waals surface area contributed by atoms with E-state index in [1.165, 1.54) is 13.2 Å². The lowest BCUT2D eigenvalue weighted by Gasteiger charge is -2.38. The number of alkyl halides is 2. The van der Waals surface area contributed by atoms with Crippen LogP contribution in [0.1, 0.15) is 35.4 Å². The smallest absolute Gasteiger partial charge is 0.387 e. The molecule has 0 bridgehead atoms. The van der Waals surface area contributed by atoms with Crippen molar-refractivity contribution in [3.63, 3.8) is 0 Å². The molecule has 170 valence electrons. The summed E-state index contributed by atoms with van der Waals surface area (Å²) in [6, 6.07) is 20.4. The second kappa shape index (κ2) is 8.61. The number of fused-ring (bicyclic) bond motifs is 3. The molecule has 0 aliphatic carbocycles. The zero-order valence-corrected chi connectivity index (χ0v) is 18.1. The Morgan fingerprint density at radius 2 is 1.76 bits per heavy atom. The third kappa shape index (κ3) is 3.92. The molecular formula is C25H22F2N2O4. The summed E-state index contributed by atoms with van der Waals surface area (Å²) in [5, 5.41) is 6.83. The first-order chi connectivity index (χ1) is 16.1. The maximum Gasteiger partial charge on any atom is 0.387 e. The van der Waals surface area contributed by atoms with Gasteiger partial charge in [-0.15, -0.1) is 0 Å². The number of benzene rings is 3. The second-order valence-electron chi connectivity index (χ2n) is 7.67. The Labute approximate surface area is 189 Å². The van der Waals surface area contributed by atoms with Crippen LogP contribution in [0, 0.1) is 0 Å². The lowest BCUT2D eigenvalue weighted by molar-refractivity contribution is -0.0514. The van der Waals surface area contributed by atoms with Crippen LogP contribution in [0.4, 0.5) is 8.78 Å². The van der Waals surface area contributed by atoms with Gasteiger partial charge in [-0.2, -0.15) is 13.9 Å². The van der Waals surface area contributed by atoms with Crippen molar-refractivity contribution in [2.24, 2.45) is 5.10 Å². The van der Waals surface area contributed by atoms with Gasteiger partial charge in [0.25, 0.3) is 0 Å². The van der Waals surface area contributed by atoms with Gasteiger partial charge in [-0.25, -0.2) is 5.01 Å². The topological polar surface area (TPSA) is 52.5 Å². The maximum atomic E-state index is 12.7. The highest BCUT2D eigenvalue weighted by molar-refractivity contribution is 6.02. The highest BCUT2D eigenvalue weighted by Gasteiger charge is 2.41. The molecule has 0 saturated heterocycles. The fourth-order valence-corrected chi connectivity index (χ4v) is 4.24. The van der Waals surface area contributed by atoms with Crippen molar-refractivity contribution in [3.8, 4) is 23.0 Å². The Morgan fingerprint density at radius 3 is 2.48 bits per heavy atom. The van der Waals surface area contributed by atoms with Crippen molar-refractivity contribution in [1.82, 2.24) is 5.01 Å². The number of hydrogen-bond acceptors (Lipinski definition) is 6. The first-order valence-corrected chi connectivity index (χ1v) is 10.5. The largest absolute Gasteiger partial charge is 0.497 e. The van der Waals surface area contributed by atoms with Crippen LogP contribution >= 0.6 is 0 Å². The van der Waals surface area contributed by atoms with Crippen LogP contribution < -0.4 is 18.9 Å².